The van der Waals surface area contributed by atoms with Gasteiger partial charge in [-0.2, -0.15) is 0 Å². The second-order valence-corrected chi connectivity index (χ2v) is 5.00. The maximum absolute atomic E-state index is 6.13. The summed E-state index contributed by atoms with van der Waals surface area (Å²) in [5.74, 6) is 6.20. The number of aromatic nitrogens is 1. The summed E-state index contributed by atoms with van der Waals surface area (Å²) in [6.07, 6.45) is 4.78. The van der Waals surface area contributed by atoms with Gasteiger partial charge in [0.15, 0.2) is 0 Å². The average molecular weight is 276 g/mol. The van der Waals surface area contributed by atoms with Crippen molar-refractivity contribution in [1.82, 2.24) is 10.4 Å². The van der Waals surface area contributed by atoms with Crippen LogP contribution in [0.5, 0.6) is 0 Å². The van der Waals surface area contributed by atoms with Crippen LogP contribution in [0.2, 0.25) is 10.0 Å². The number of halogens is 2. The van der Waals surface area contributed by atoms with Gasteiger partial charge in [-0.1, -0.05) is 49.9 Å². The molecule has 0 aliphatic heterocycles. The first-order valence-corrected chi connectivity index (χ1v) is 6.64. The van der Waals surface area contributed by atoms with E-state index in [4.69, 9.17) is 29.0 Å². The quantitative estimate of drug-likeness (QED) is 0.615. The topological polar surface area (TPSA) is 50.9 Å². The molecule has 3 nitrogen and oxygen atoms in total. The third kappa shape index (κ3) is 4.11. The van der Waals surface area contributed by atoms with Gasteiger partial charge in [0.25, 0.3) is 0 Å². The smallest absolute Gasteiger partial charge is 0.0773 e. The first-order valence-electron chi connectivity index (χ1n) is 5.89. The molecule has 1 atom stereocenters. The van der Waals surface area contributed by atoms with E-state index in [1.807, 2.05) is 0 Å². The summed E-state index contributed by atoms with van der Waals surface area (Å²) in [7, 11) is 0. The summed E-state index contributed by atoms with van der Waals surface area (Å²) in [6.45, 7) is 4.36. The number of nitrogens with two attached hydrogens (primary N) is 1. The Balaban J connectivity index is 2.85. The lowest BCUT2D eigenvalue weighted by atomic mass is 9.93. The second-order valence-electron chi connectivity index (χ2n) is 4.16. The zero-order valence-electron chi connectivity index (χ0n) is 10.2. The van der Waals surface area contributed by atoms with Crippen LogP contribution in [0.25, 0.3) is 0 Å². The Kier molecular flexibility index (Phi) is 6.20. The van der Waals surface area contributed by atoms with Gasteiger partial charge >= 0.3 is 0 Å². The van der Waals surface area contributed by atoms with E-state index in [-0.39, 0.29) is 6.04 Å². The molecule has 0 spiro atoms. The van der Waals surface area contributed by atoms with Crippen LogP contribution in [-0.4, -0.2) is 4.98 Å². The molecule has 0 fully saturated rings. The van der Waals surface area contributed by atoms with Gasteiger partial charge in [0.2, 0.25) is 0 Å². The van der Waals surface area contributed by atoms with E-state index in [1.54, 1.807) is 12.3 Å². The number of nitrogens with one attached hydrogen (secondary N) is 1. The molecule has 0 aromatic carbocycles. The maximum atomic E-state index is 6.13. The van der Waals surface area contributed by atoms with E-state index in [9.17, 15) is 0 Å². The van der Waals surface area contributed by atoms with Crippen molar-refractivity contribution in [2.24, 2.45) is 11.8 Å². The molecule has 0 amide bonds. The summed E-state index contributed by atoms with van der Waals surface area (Å²) >= 11 is 12.0. The average Bonchev–Trinajstić information content (AvgIpc) is 2.32. The minimum atomic E-state index is -0.0235. The third-order valence-corrected chi connectivity index (χ3v) is 3.60. The highest BCUT2D eigenvalue weighted by molar-refractivity contribution is 6.34. The first-order chi connectivity index (χ1) is 8.12. The standard InChI is InChI=1S/C12H19Cl2N3/c1-3-8(4-2)5-11(17-15)12-10(14)6-9(13)7-16-12/h6-8,11,17H,3-5,15H2,1-2H3. The molecule has 17 heavy (non-hydrogen) atoms. The Morgan fingerprint density at radius 2 is 2.00 bits per heavy atom. The number of pyridine rings is 1. The van der Waals surface area contributed by atoms with Crippen LogP contribution in [0.4, 0.5) is 0 Å². The van der Waals surface area contributed by atoms with Crippen molar-refractivity contribution in [3.8, 4) is 0 Å². The van der Waals surface area contributed by atoms with Crippen LogP contribution in [0.3, 0.4) is 0 Å². The monoisotopic (exact) mass is 275 g/mol. The fourth-order valence-corrected chi connectivity index (χ4v) is 2.41. The normalized spacial score (nSPS) is 13.1. The summed E-state index contributed by atoms with van der Waals surface area (Å²) in [5, 5.41) is 1.10. The van der Waals surface area contributed by atoms with Crippen LogP contribution in [0, 0.1) is 5.92 Å². The van der Waals surface area contributed by atoms with E-state index in [0.717, 1.165) is 25.0 Å². The largest absolute Gasteiger partial charge is 0.271 e. The number of nitrogens with zero attached hydrogens (tertiary/aromatic N) is 1. The molecule has 0 radical (unpaired) electrons. The van der Waals surface area contributed by atoms with Gasteiger partial charge < -0.3 is 0 Å². The van der Waals surface area contributed by atoms with Gasteiger partial charge in [-0.25, -0.2) is 0 Å². The molecular formula is C12H19Cl2N3. The van der Waals surface area contributed by atoms with Gasteiger partial charge in [-0.3, -0.25) is 16.3 Å². The van der Waals surface area contributed by atoms with Crippen LogP contribution in [0.1, 0.15) is 44.8 Å². The van der Waals surface area contributed by atoms with Gasteiger partial charge in [-0.05, 0) is 18.4 Å². The maximum Gasteiger partial charge on any atom is 0.0773 e. The number of hydrogen-bond acceptors (Lipinski definition) is 3. The van der Waals surface area contributed by atoms with E-state index in [2.05, 4.69) is 24.3 Å². The fourth-order valence-electron chi connectivity index (χ4n) is 1.90. The first kappa shape index (κ1) is 14.7. The molecule has 5 heteroatoms. The number of hydrazine groups is 1. The Morgan fingerprint density at radius 3 is 2.47 bits per heavy atom. The zero-order chi connectivity index (χ0) is 12.8. The van der Waals surface area contributed by atoms with Crippen molar-refractivity contribution in [1.29, 1.82) is 0 Å². The van der Waals surface area contributed by atoms with Crippen molar-refractivity contribution in [2.45, 2.75) is 39.2 Å². The molecule has 1 heterocycles. The predicted molar refractivity (Wildman–Crippen MR) is 73.0 cm³/mol. The predicted octanol–water partition coefficient (Wildman–Crippen LogP) is 3.72. The highest BCUT2D eigenvalue weighted by Gasteiger charge is 2.18. The lowest BCUT2D eigenvalue weighted by Gasteiger charge is -2.21. The molecule has 0 aliphatic carbocycles. The fraction of sp³-hybridized carbons (Fsp3) is 0.583. The lowest BCUT2D eigenvalue weighted by molar-refractivity contribution is 0.370. The highest BCUT2D eigenvalue weighted by atomic mass is 35.5. The van der Waals surface area contributed by atoms with E-state index >= 15 is 0 Å². The van der Waals surface area contributed by atoms with Crippen molar-refractivity contribution >= 4 is 23.2 Å². The minimum absolute atomic E-state index is 0.0235. The molecule has 1 unspecified atom stereocenters. The van der Waals surface area contributed by atoms with Gasteiger partial charge in [0.05, 0.1) is 21.8 Å². The molecule has 0 saturated heterocycles. The summed E-state index contributed by atoms with van der Waals surface area (Å²) in [4.78, 5) is 4.26. The van der Waals surface area contributed by atoms with Crippen LogP contribution in [0.15, 0.2) is 12.3 Å². The molecule has 1 rings (SSSR count). The van der Waals surface area contributed by atoms with E-state index < -0.39 is 0 Å². The van der Waals surface area contributed by atoms with Crippen molar-refractivity contribution in [3.05, 3.63) is 28.0 Å². The number of rotatable bonds is 6. The van der Waals surface area contributed by atoms with Crippen molar-refractivity contribution < 1.29 is 0 Å². The van der Waals surface area contributed by atoms with E-state index in [1.165, 1.54) is 0 Å². The zero-order valence-corrected chi connectivity index (χ0v) is 11.7. The SMILES string of the molecule is CCC(CC)CC(NN)c1ncc(Cl)cc1Cl. The third-order valence-electron chi connectivity index (χ3n) is 3.09. The molecule has 1 aromatic rings. The van der Waals surface area contributed by atoms with Gasteiger partial charge in [-0.15, -0.1) is 0 Å². The Morgan fingerprint density at radius 1 is 1.35 bits per heavy atom. The lowest BCUT2D eigenvalue weighted by Crippen LogP contribution is -2.30. The van der Waals surface area contributed by atoms with E-state index in [0.29, 0.717) is 16.0 Å². The minimum Gasteiger partial charge on any atom is -0.271 e. The number of hydrogen-bond donors (Lipinski definition) is 2. The molecule has 3 N–H and O–H groups in total. The van der Waals surface area contributed by atoms with Crippen LogP contribution in [-0.2, 0) is 0 Å². The van der Waals surface area contributed by atoms with Crippen molar-refractivity contribution in [3.63, 3.8) is 0 Å². The summed E-state index contributed by atoms with van der Waals surface area (Å²) in [5.41, 5.74) is 3.56. The molecule has 0 bridgehead atoms. The second kappa shape index (κ2) is 7.17. The summed E-state index contributed by atoms with van der Waals surface area (Å²) in [6, 6.07) is 1.67. The molecule has 1 aromatic heterocycles. The van der Waals surface area contributed by atoms with Gasteiger partial charge in [0.1, 0.15) is 0 Å². The molecule has 0 aliphatic rings. The molecule has 0 saturated carbocycles. The Labute approximate surface area is 113 Å². The van der Waals surface area contributed by atoms with Crippen LogP contribution >= 0.6 is 23.2 Å². The molecular weight excluding hydrogens is 257 g/mol. The Bertz CT molecular complexity index is 354. The Hall–Kier alpha value is -0.350. The van der Waals surface area contributed by atoms with Crippen LogP contribution < -0.4 is 11.3 Å². The highest BCUT2D eigenvalue weighted by Crippen LogP contribution is 2.29. The van der Waals surface area contributed by atoms with Gasteiger partial charge in [0, 0.05) is 6.20 Å². The summed E-state index contributed by atoms with van der Waals surface area (Å²) < 4.78 is 0. The van der Waals surface area contributed by atoms with Crippen molar-refractivity contribution in [2.75, 3.05) is 0 Å². The molecule has 96 valence electrons.